The lowest BCUT2D eigenvalue weighted by Crippen LogP contribution is -2.20. The number of hydrogen-bond acceptors (Lipinski definition) is 1. The standard InChI is InChI=1S/C13H26IPS.H2S/c1-5-8-12(6-2)13(11(3)4)9-7-10-15-16-14;/h10-13H,5-9H2,1-4H3;1H2. The Morgan fingerprint density at radius 2 is 1.88 bits per heavy atom. The summed E-state index contributed by atoms with van der Waals surface area (Å²) in [7, 11) is 3.30. The number of halogens is 1. The van der Waals surface area contributed by atoms with E-state index in [0.717, 1.165) is 17.8 Å². The zero-order valence-corrected chi connectivity index (χ0v) is 16.4. The van der Waals surface area contributed by atoms with Crippen LogP contribution in [0.4, 0.5) is 0 Å². The van der Waals surface area contributed by atoms with Crippen molar-refractivity contribution in [2.45, 2.75) is 59.8 Å². The molecule has 0 radical (unpaired) electrons. The molecule has 4 heteroatoms. The Labute approximate surface area is 133 Å². The summed E-state index contributed by atoms with van der Waals surface area (Å²) in [5, 5.41) is 0. The minimum Gasteiger partial charge on any atom is -0.197 e. The van der Waals surface area contributed by atoms with Crippen molar-refractivity contribution in [3.05, 3.63) is 0 Å². The molecule has 0 N–H and O–H groups in total. The Morgan fingerprint density at radius 1 is 1.24 bits per heavy atom. The maximum absolute atomic E-state index is 2.42. The Kier molecular flexibility index (Phi) is 17.2. The van der Waals surface area contributed by atoms with E-state index in [1.807, 2.05) is 8.55 Å². The molecule has 0 bridgehead atoms. The van der Waals surface area contributed by atoms with Gasteiger partial charge >= 0.3 is 0 Å². The van der Waals surface area contributed by atoms with E-state index in [2.05, 4.69) is 54.7 Å². The number of rotatable bonds is 9. The van der Waals surface area contributed by atoms with Crippen LogP contribution in [0.1, 0.15) is 59.8 Å². The van der Waals surface area contributed by atoms with Crippen LogP contribution in [0.5, 0.6) is 0 Å². The minimum atomic E-state index is 0. The highest BCUT2D eigenvalue weighted by molar-refractivity contribution is 14.2. The van der Waals surface area contributed by atoms with Gasteiger partial charge in [0.25, 0.3) is 0 Å². The third-order valence-corrected chi connectivity index (χ3v) is 6.61. The molecule has 0 nitrogen and oxygen atoms in total. The molecule has 0 aliphatic heterocycles. The average molecular weight is 406 g/mol. The van der Waals surface area contributed by atoms with Gasteiger partial charge in [-0.1, -0.05) is 47.0 Å². The van der Waals surface area contributed by atoms with E-state index in [4.69, 9.17) is 0 Å². The lowest BCUT2D eigenvalue weighted by molar-refractivity contribution is 0.221. The molecule has 0 spiro atoms. The first-order valence-electron chi connectivity index (χ1n) is 6.46. The third-order valence-electron chi connectivity index (χ3n) is 3.39. The first-order valence-corrected chi connectivity index (χ1v) is 11.4. The fourth-order valence-corrected chi connectivity index (χ4v) is 4.80. The fraction of sp³-hybridized carbons (Fsp3) is 0.923. The summed E-state index contributed by atoms with van der Waals surface area (Å²) in [6, 6.07) is 0. The summed E-state index contributed by atoms with van der Waals surface area (Å²) >= 11 is 2.37. The van der Waals surface area contributed by atoms with Crippen LogP contribution in [-0.4, -0.2) is 5.80 Å². The second kappa shape index (κ2) is 14.0. The molecule has 0 rings (SSSR count). The van der Waals surface area contributed by atoms with Gasteiger partial charge in [0, 0.05) is 21.2 Å². The van der Waals surface area contributed by atoms with Crippen LogP contribution in [0, 0.1) is 17.8 Å². The van der Waals surface area contributed by atoms with Crippen molar-refractivity contribution < 1.29 is 0 Å². The molecule has 0 saturated carbocycles. The quantitative estimate of drug-likeness (QED) is 0.302. The molecule has 0 fully saturated rings. The van der Waals surface area contributed by atoms with Crippen molar-refractivity contribution >= 4 is 56.5 Å². The van der Waals surface area contributed by atoms with Crippen molar-refractivity contribution in [1.82, 2.24) is 0 Å². The highest BCUT2D eigenvalue weighted by Crippen LogP contribution is 2.32. The van der Waals surface area contributed by atoms with Crippen LogP contribution in [0.15, 0.2) is 0 Å². The Hall–Kier alpha value is 1.60. The summed E-state index contributed by atoms with van der Waals surface area (Å²) in [4.78, 5) is 0. The molecule has 2 unspecified atom stereocenters. The van der Waals surface area contributed by atoms with E-state index < -0.39 is 0 Å². The summed E-state index contributed by atoms with van der Waals surface area (Å²) in [5.74, 6) is 5.14. The molecule has 0 aliphatic carbocycles. The maximum atomic E-state index is 2.42. The van der Waals surface area contributed by atoms with E-state index >= 15 is 0 Å². The van der Waals surface area contributed by atoms with E-state index in [-0.39, 0.29) is 13.5 Å². The second-order valence-corrected chi connectivity index (χ2v) is 10.1. The van der Waals surface area contributed by atoms with Gasteiger partial charge < -0.3 is 0 Å². The Morgan fingerprint density at radius 3 is 2.29 bits per heavy atom. The predicted octanol–water partition coefficient (Wildman–Crippen LogP) is 6.72. The van der Waals surface area contributed by atoms with E-state index in [9.17, 15) is 0 Å². The molecule has 0 aliphatic rings. The number of hydrogen-bond donors (Lipinski definition) is 0. The zero-order valence-electron chi connectivity index (χ0n) is 11.6. The first kappa shape index (κ1) is 20.9. The monoisotopic (exact) mass is 406 g/mol. The van der Waals surface area contributed by atoms with Crippen molar-refractivity contribution in [3.8, 4) is 0 Å². The van der Waals surface area contributed by atoms with Gasteiger partial charge in [-0.15, -0.1) is 0 Å². The zero-order chi connectivity index (χ0) is 12.4. The molecule has 0 aromatic carbocycles. The summed E-state index contributed by atoms with van der Waals surface area (Å²) < 4.78 is 0. The average Bonchev–Trinajstić information content (AvgIpc) is 2.26. The third kappa shape index (κ3) is 10.1. The Balaban J connectivity index is 0. The van der Waals surface area contributed by atoms with Crippen LogP contribution >= 0.6 is 50.7 Å². The van der Waals surface area contributed by atoms with Gasteiger partial charge in [-0.05, 0) is 52.4 Å². The smallest absolute Gasteiger partial charge is 0.00603 e. The molecule has 0 aromatic rings. The van der Waals surface area contributed by atoms with Gasteiger partial charge in [0.2, 0.25) is 0 Å². The first-order chi connectivity index (χ1) is 7.67. The van der Waals surface area contributed by atoms with Crippen molar-refractivity contribution in [2.75, 3.05) is 0 Å². The minimum absolute atomic E-state index is 0. The molecule has 0 saturated heterocycles. The van der Waals surface area contributed by atoms with Gasteiger partial charge in [0.1, 0.15) is 0 Å². The molecule has 0 amide bonds. The van der Waals surface area contributed by atoms with Crippen LogP contribution in [0.2, 0.25) is 0 Å². The van der Waals surface area contributed by atoms with E-state index in [1.165, 1.54) is 39.5 Å². The van der Waals surface area contributed by atoms with E-state index in [1.54, 1.807) is 0 Å². The lowest BCUT2D eigenvalue weighted by Gasteiger charge is -2.29. The second-order valence-electron chi connectivity index (χ2n) is 4.80. The normalized spacial score (nSPS) is 14.9. The van der Waals surface area contributed by atoms with Crippen LogP contribution in [-0.2, 0) is 0 Å². The van der Waals surface area contributed by atoms with Crippen molar-refractivity contribution in [2.24, 2.45) is 17.8 Å². The molecule has 0 aromatic heterocycles. The van der Waals surface area contributed by atoms with Gasteiger partial charge in [0.15, 0.2) is 0 Å². The summed E-state index contributed by atoms with van der Waals surface area (Å²) in [6.45, 7) is 9.47. The molecule has 17 heavy (non-hydrogen) atoms. The van der Waals surface area contributed by atoms with Crippen LogP contribution < -0.4 is 0 Å². The SMILES string of the molecule is CCCC(CC)C(CCC=PSI)C(C)C.S. The highest BCUT2D eigenvalue weighted by Gasteiger charge is 2.21. The van der Waals surface area contributed by atoms with Gasteiger partial charge in [-0.2, -0.15) is 13.5 Å². The fourth-order valence-electron chi connectivity index (χ4n) is 2.55. The van der Waals surface area contributed by atoms with Crippen LogP contribution in [0.3, 0.4) is 0 Å². The van der Waals surface area contributed by atoms with Gasteiger partial charge in [0.05, 0.1) is 0 Å². The predicted molar refractivity (Wildman–Crippen MR) is 101 cm³/mol. The van der Waals surface area contributed by atoms with Crippen molar-refractivity contribution in [3.63, 3.8) is 0 Å². The Bertz CT molecular complexity index is 186. The molecular weight excluding hydrogens is 378 g/mol. The lowest BCUT2D eigenvalue weighted by atomic mass is 9.77. The van der Waals surface area contributed by atoms with E-state index in [0.29, 0.717) is 0 Å². The summed E-state index contributed by atoms with van der Waals surface area (Å²) in [5.41, 5.74) is 0. The van der Waals surface area contributed by atoms with Crippen molar-refractivity contribution in [1.29, 1.82) is 0 Å². The molecule has 104 valence electrons. The molecule has 0 heterocycles. The maximum Gasteiger partial charge on any atom is 0.00603 e. The van der Waals surface area contributed by atoms with Gasteiger partial charge in [-0.25, -0.2) is 0 Å². The largest absolute Gasteiger partial charge is 0.197 e. The van der Waals surface area contributed by atoms with Gasteiger partial charge in [-0.3, -0.25) is 0 Å². The molecular formula is C13H28IPS2. The highest BCUT2D eigenvalue weighted by atomic mass is 127. The molecule has 2 atom stereocenters. The summed E-state index contributed by atoms with van der Waals surface area (Å²) in [6.07, 6.45) is 6.79. The van der Waals surface area contributed by atoms with Crippen LogP contribution in [0.25, 0.3) is 0 Å². The topological polar surface area (TPSA) is 0 Å².